The zero-order valence-corrected chi connectivity index (χ0v) is 20.0. The number of hydrogen-bond acceptors (Lipinski definition) is 5. The number of fused-ring (bicyclic) bond motifs is 1. The summed E-state index contributed by atoms with van der Waals surface area (Å²) in [5, 5.41) is 21.2. The third-order valence-corrected chi connectivity index (χ3v) is 6.08. The molecule has 0 bridgehead atoms. The van der Waals surface area contributed by atoms with Crippen LogP contribution in [0.1, 0.15) is 58.2 Å². The van der Waals surface area contributed by atoms with Crippen LogP contribution in [0.3, 0.4) is 0 Å². The molecule has 1 fully saturated rings. The first-order valence-electron chi connectivity index (χ1n) is 11.6. The summed E-state index contributed by atoms with van der Waals surface area (Å²) in [6.45, 7) is 8.34. The van der Waals surface area contributed by atoms with Gasteiger partial charge in [0.25, 0.3) is 5.91 Å². The first-order chi connectivity index (χ1) is 15.7. The number of likely N-dealkylation sites (tertiary alicyclic amines) is 1. The molecule has 2 aromatic rings. The van der Waals surface area contributed by atoms with Crippen molar-refractivity contribution in [2.24, 2.45) is 0 Å². The Balaban J connectivity index is 1.75. The molecule has 33 heavy (non-hydrogen) atoms. The molecular formula is C25H34N4O4. The van der Waals surface area contributed by atoms with Gasteiger partial charge in [-0.15, -0.1) is 0 Å². The lowest BCUT2D eigenvalue weighted by Gasteiger charge is -2.35. The van der Waals surface area contributed by atoms with Crippen LogP contribution in [0.25, 0.3) is 10.9 Å². The largest absolute Gasteiger partial charge is 0.394 e. The second kappa shape index (κ2) is 10.4. The average Bonchev–Trinajstić information content (AvgIpc) is 3.39. The number of rotatable bonds is 9. The maximum atomic E-state index is 13.3. The standard InChI is InChI=1S/C25H34N4O4/c1-5-27-21(14-19-9-8-18(15-26)13-22(19)27)11-10-20-7-6-12-28(20)24(32)23(16-30)29(17-31)33-25(2,3)4/h8-9,13-14,17,20,23,30H,5-7,10-12,16H2,1-4H3/t20-,23+/m0/s1. The molecule has 0 radical (unpaired) electrons. The lowest BCUT2D eigenvalue weighted by Crippen LogP contribution is -2.53. The zero-order valence-electron chi connectivity index (χ0n) is 20.0. The van der Waals surface area contributed by atoms with Crippen LogP contribution in [0.4, 0.5) is 0 Å². The van der Waals surface area contributed by atoms with Gasteiger partial charge in [-0.05, 0) is 77.0 Å². The molecule has 1 N–H and O–H groups in total. The van der Waals surface area contributed by atoms with Gasteiger partial charge in [0.1, 0.15) is 0 Å². The number of carbonyl (C=O) groups is 2. The number of hydroxylamine groups is 2. The summed E-state index contributed by atoms with van der Waals surface area (Å²) < 4.78 is 2.22. The minimum Gasteiger partial charge on any atom is -0.394 e. The van der Waals surface area contributed by atoms with Crippen LogP contribution < -0.4 is 0 Å². The summed E-state index contributed by atoms with van der Waals surface area (Å²) in [7, 11) is 0. The summed E-state index contributed by atoms with van der Waals surface area (Å²) in [5.41, 5.74) is 2.19. The molecule has 0 saturated carbocycles. The smallest absolute Gasteiger partial charge is 0.250 e. The third kappa shape index (κ3) is 5.55. The van der Waals surface area contributed by atoms with E-state index in [-0.39, 0.29) is 11.9 Å². The van der Waals surface area contributed by atoms with Crippen molar-refractivity contribution in [2.75, 3.05) is 13.2 Å². The molecule has 1 aliphatic heterocycles. The van der Waals surface area contributed by atoms with E-state index in [9.17, 15) is 20.0 Å². The summed E-state index contributed by atoms with van der Waals surface area (Å²) in [6, 6.07) is 9.06. The summed E-state index contributed by atoms with van der Waals surface area (Å²) in [5.74, 6) is -0.286. The van der Waals surface area contributed by atoms with Gasteiger partial charge < -0.3 is 14.6 Å². The van der Waals surface area contributed by atoms with Crippen LogP contribution >= 0.6 is 0 Å². The van der Waals surface area contributed by atoms with Crippen LogP contribution in [0.2, 0.25) is 0 Å². The van der Waals surface area contributed by atoms with E-state index < -0.39 is 18.2 Å². The number of nitrogens with zero attached hydrogens (tertiary/aromatic N) is 4. The number of aliphatic hydroxyl groups is 1. The van der Waals surface area contributed by atoms with Crippen LogP contribution in [-0.4, -0.2) is 62.8 Å². The van der Waals surface area contributed by atoms with Crippen LogP contribution in [0.15, 0.2) is 24.3 Å². The number of hydrogen-bond donors (Lipinski definition) is 1. The number of aryl methyl sites for hydroxylation is 2. The molecule has 2 atom stereocenters. The minimum absolute atomic E-state index is 0.0349. The van der Waals surface area contributed by atoms with Gasteiger partial charge in [-0.25, -0.2) is 5.06 Å². The molecular weight excluding hydrogens is 420 g/mol. The molecule has 1 aliphatic rings. The second-order valence-electron chi connectivity index (χ2n) is 9.50. The lowest BCUT2D eigenvalue weighted by atomic mass is 10.1. The van der Waals surface area contributed by atoms with Gasteiger partial charge in [0.05, 0.1) is 23.8 Å². The maximum absolute atomic E-state index is 13.3. The number of nitriles is 1. The monoisotopic (exact) mass is 454 g/mol. The topological polar surface area (TPSA) is 98.8 Å². The van der Waals surface area contributed by atoms with Gasteiger partial charge in [0, 0.05) is 30.3 Å². The molecule has 2 heterocycles. The first-order valence-corrected chi connectivity index (χ1v) is 11.6. The molecule has 3 rings (SSSR count). The lowest BCUT2D eigenvalue weighted by molar-refractivity contribution is -0.236. The number of carbonyl (C=O) groups excluding carboxylic acids is 2. The Morgan fingerprint density at radius 2 is 2.15 bits per heavy atom. The SMILES string of the molecule is CCn1c(CC[C@@H]2CCCN2C(=O)[C@@H](CO)N(C=O)OC(C)(C)C)cc2ccc(C#N)cc21. The van der Waals surface area contributed by atoms with Crippen molar-refractivity contribution in [3.05, 3.63) is 35.5 Å². The Kier molecular flexibility index (Phi) is 7.77. The molecule has 8 heteroatoms. The number of amides is 2. The van der Waals surface area contributed by atoms with Gasteiger partial charge in [-0.1, -0.05) is 6.07 Å². The van der Waals surface area contributed by atoms with Crippen molar-refractivity contribution >= 4 is 23.2 Å². The van der Waals surface area contributed by atoms with Crippen molar-refractivity contribution in [3.8, 4) is 6.07 Å². The van der Waals surface area contributed by atoms with Crippen molar-refractivity contribution in [3.63, 3.8) is 0 Å². The van der Waals surface area contributed by atoms with Crippen LogP contribution in [0, 0.1) is 11.3 Å². The molecule has 0 unspecified atom stereocenters. The van der Waals surface area contributed by atoms with Crippen molar-refractivity contribution < 1.29 is 19.5 Å². The molecule has 2 amide bonds. The fourth-order valence-corrected chi connectivity index (χ4v) is 4.64. The minimum atomic E-state index is -1.06. The van der Waals surface area contributed by atoms with Gasteiger partial charge in [-0.3, -0.25) is 14.4 Å². The maximum Gasteiger partial charge on any atom is 0.250 e. The highest BCUT2D eigenvalue weighted by molar-refractivity contribution is 5.84. The van der Waals surface area contributed by atoms with Crippen LogP contribution in [-0.2, 0) is 27.4 Å². The molecule has 1 aromatic heterocycles. The molecule has 0 spiro atoms. The van der Waals surface area contributed by atoms with Gasteiger partial charge in [0.2, 0.25) is 6.41 Å². The van der Waals surface area contributed by atoms with Gasteiger partial charge >= 0.3 is 0 Å². The molecule has 1 aromatic carbocycles. The summed E-state index contributed by atoms with van der Waals surface area (Å²) in [6.07, 6.45) is 3.81. The summed E-state index contributed by atoms with van der Waals surface area (Å²) in [4.78, 5) is 32.2. The van der Waals surface area contributed by atoms with Crippen molar-refractivity contribution in [2.45, 2.75) is 77.6 Å². The van der Waals surface area contributed by atoms with E-state index in [0.29, 0.717) is 18.5 Å². The van der Waals surface area contributed by atoms with E-state index >= 15 is 0 Å². The van der Waals surface area contributed by atoms with E-state index in [2.05, 4.69) is 23.6 Å². The normalized spacial score (nSPS) is 17.2. The number of aliphatic hydroxyl groups excluding tert-OH is 1. The Morgan fingerprint density at radius 1 is 1.39 bits per heavy atom. The van der Waals surface area contributed by atoms with E-state index in [0.717, 1.165) is 48.2 Å². The third-order valence-electron chi connectivity index (χ3n) is 6.08. The highest BCUT2D eigenvalue weighted by Gasteiger charge is 2.37. The Morgan fingerprint density at radius 3 is 2.76 bits per heavy atom. The zero-order chi connectivity index (χ0) is 24.2. The average molecular weight is 455 g/mol. The number of benzene rings is 1. The van der Waals surface area contributed by atoms with E-state index in [1.807, 2.05) is 18.2 Å². The molecule has 0 aliphatic carbocycles. The Hall–Kier alpha value is -2.89. The van der Waals surface area contributed by atoms with E-state index in [1.54, 1.807) is 25.7 Å². The van der Waals surface area contributed by atoms with E-state index in [4.69, 9.17) is 4.84 Å². The van der Waals surface area contributed by atoms with Crippen LogP contribution in [0.5, 0.6) is 0 Å². The van der Waals surface area contributed by atoms with E-state index in [1.165, 1.54) is 5.69 Å². The van der Waals surface area contributed by atoms with Gasteiger partial charge in [-0.2, -0.15) is 5.26 Å². The quantitative estimate of drug-likeness (QED) is 0.464. The van der Waals surface area contributed by atoms with Crippen molar-refractivity contribution in [1.82, 2.24) is 14.5 Å². The summed E-state index contributed by atoms with van der Waals surface area (Å²) >= 11 is 0. The fraction of sp³-hybridized carbons (Fsp3) is 0.560. The highest BCUT2D eigenvalue weighted by Crippen LogP contribution is 2.27. The predicted octanol–water partition coefficient (Wildman–Crippen LogP) is 3.01. The number of aromatic nitrogens is 1. The highest BCUT2D eigenvalue weighted by atomic mass is 16.7. The van der Waals surface area contributed by atoms with Crippen molar-refractivity contribution in [1.29, 1.82) is 5.26 Å². The second-order valence-corrected chi connectivity index (χ2v) is 9.50. The predicted molar refractivity (Wildman–Crippen MR) is 125 cm³/mol. The molecule has 1 saturated heterocycles. The Bertz CT molecular complexity index is 1030. The van der Waals surface area contributed by atoms with Gasteiger partial charge in [0.15, 0.2) is 6.04 Å². The fourth-order valence-electron chi connectivity index (χ4n) is 4.64. The Labute approximate surface area is 195 Å². The first kappa shape index (κ1) is 24.7. The molecule has 178 valence electrons. The molecule has 8 nitrogen and oxygen atoms in total.